The van der Waals surface area contributed by atoms with Gasteiger partial charge in [0.1, 0.15) is 11.5 Å². The molecule has 0 bridgehead atoms. The van der Waals surface area contributed by atoms with Crippen molar-refractivity contribution in [2.75, 3.05) is 14.2 Å². The minimum Gasteiger partial charge on any atom is -0.508 e. The molecule has 134 valence electrons. The predicted molar refractivity (Wildman–Crippen MR) is 97.1 cm³/mol. The van der Waals surface area contributed by atoms with E-state index in [1.54, 1.807) is 24.3 Å². The van der Waals surface area contributed by atoms with Crippen molar-refractivity contribution in [1.82, 2.24) is 0 Å². The smallest absolute Gasteiger partial charge is 0.173 e. The monoisotopic (exact) mass is 354 g/mol. The summed E-state index contributed by atoms with van der Waals surface area (Å²) in [6, 6.07) is 12.2. The Balaban J connectivity index is 2.34. The fraction of sp³-hybridized carbons (Fsp3) is 0.100. The van der Waals surface area contributed by atoms with E-state index in [0.29, 0.717) is 11.1 Å². The normalized spacial score (nSPS) is 10.5. The van der Waals surface area contributed by atoms with Crippen LogP contribution in [0, 0.1) is 0 Å². The van der Waals surface area contributed by atoms with Crippen molar-refractivity contribution in [2.24, 2.45) is 0 Å². The van der Waals surface area contributed by atoms with Crippen LogP contribution in [0.4, 0.5) is 0 Å². The molecule has 4 N–H and O–H groups in total. The second-order valence-corrected chi connectivity index (χ2v) is 5.61. The predicted octanol–water partition coefficient (Wildman–Crippen LogP) is 3.86. The first-order valence-electron chi connectivity index (χ1n) is 7.76. The quantitative estimate of drug-likeness (QED) is 0.531. The zero-order chi connectivity index (χ0) is 18.8. The molecule has 0 atom stereocenters. The first-order valence-corrected chi connectivity index (χ1v) is 7.76. The van der Waals surface area contributed by atoms with Gasteiger partial charge in [0.15, 0.2) is 23.0 Å². The van der Waals surface area contributed by atoms with E-state index in [1.165, 1.54) is 38.5 Å². The van der Waals surface area contributed by atoms with Gasteiger partial charge in [0.25, 0.3) is 0 Å². The Kier molecular flexibility index (Phi) is 4.49. The molecule has 0 aromatic heterocycles. The number of hydrogen-bond donors (Lipinski definition) is 4. The number of phenols is 4. The van der Waals surface area contributed by atoms with Gasteiger partial charge in [0.05, 0.1) is 25.3 Å². The number of methoxy groups -OCH3 is 2. The molecule has 3 rings (SSSR count). The molecule has 6 nitrogen and oxygen atoms in total. The first kappa shape index (κ1) is 17.3. The minimum atomic E-state index is -0.378. The Morgan fingerprint density at radius 2 is 0.846 bits per heavy atom. The molecular formula is C20H18O6. The maximum Gasteiger partial charge on any atom is 0.173 e. The zero-order valence-electron chi connectivity index (χ0n) is 14.2. The largest absolute Gasteiger partial charge is 0.508 e. The highest BCUT2D eigenvalue weighted by Crippen LogP contribution is 2.55. The molecule has 0 spiro atoms. The molecular weight excluding hydrogens is 336 g/mol. The van der Waals surface area contributed by atoms with Gasteiger partial charge in [0, 0.05) is 0 Å². The molecule has 0 radical (unpaired) electrons. The first-order chi connectivity index (χ1) is 12.5. The fourth-order valence-electron chi connectivity index (χ4n) is 2.86. The standard InChI is InChI=1S/C20H18O6/c1-25-19-15(11-3-7-13(21)8-4-11)17(23)18(24)16(20(19)26-2)12-5-9-14(22)10-6-12/h3-10,21-24H,1-2H3. The summed E-state index contributed by atoms with van der Waals surface area (Å²) in [6.45, 7) is 0. The maximum atomic E-state index is 10.7. The van der Waals surface area contributed by atoms with E-state index in [9.17, 15) is 20.4 Å². The van der Waals surface area contributed by atoms with Gasteiger partial charge in [0.2, 0.25) is 0 Å². The van der Waals surface area contributed by atoms with E-state index in [4.69, 9.17) is 9.47 Å². The molecule has 0 aliphatic heterocycles. The molecule has 0 aliphatic rings. The van der Waals surface area contributed by atoms with E-state index in [1.807, 2.05) is 0 Å². The van der Waals surface area contributed by atoms with Gasteiger partial charge in [-0.2, -0.15) is 0 Å². The summed E-state index contributed by atoms with van der Waals surface area (Å²) in [5.74, 6) is -0.144. The van der Waals surface area contributed by atoms with Gasteiger partial charge < -0.3 is 29.9 Å². The summed E-state index contributed by atoms with van der Waals surface area (Å²) in [5.41, 5.74) is 1.54. The maximum absolute atomic E-state index is 10.7. The van der Waals surface area contributed by atoms with Gasteiger partial charge in [-0.1, -0.05) is 24.3 Å². The van der Waals surface area contributed by atoms with Crippen molar-refractivity contribution >= 4 is 0 Å². The third kappa shape index (κ3) is 2.82. The van der Waals surface area contributed by atoms with Crippen LogP contribution in [0.3, 0.4) is 0 Å². The van der Waals surface area contributed by atoms with Crippen molar-refractivity contribution < 1.29 is 29.9 Å². The highest BCUT2D eigenvalue weighted by molar-refractivity contribution is 5.92. The van der Waals surface area contributed by atoms with Crippen molar-refractivity contribution in [2.45, 2.75) is 0 Å². The zero-order valence-corrected chi connectivity index (χ0v) is 14.2. The molecule has 3 aromatic carbocycles. The number of hydrogen-bond acceptors (Lipinski definition) is 6. The lowest BCUT2D eigenvalue weighted by Gasteiger charge is -2.20. The summed E-state index contributed by atoms with van der Waals surface area (Å²) in [7, 11) is 2.86. The Hall–Kier alpha value is -3.54. The number of benzene rings is 3. The highest BCUT2D eigenvalue weighted by Gasteiger charge is 2.27. The Bertz CT molecular complexity index is 852. The highest BCUT2D eigenvalue weighted by atomic mass is 16.5. The lowest BCUT2D eigenvalue weighted by Crippen LogP contribution is -1.97. The van der Waals surface area contributed by atoms with E-state index in [2.05, 4.69) is 0 Å². The van der Waals surface area contributed by atoms with Gasteiger partial charge in [-0.05, 0) is 35.4 Å². The molecule has 0 unspecified atom stereocenters. The van der Waals surface area contributed by atoms with Gasteiger partial charge in [-0.15, -0.1) is 0 Å². The summed E-state index contributed by atoms with van der Waals surface area (Å²) >= 11 is 0. The van der Waals surface area contributed by atoms with Gasteiger partial charge in [-0.3, -0.25) is 0 Å². The Morgan fingerprint density at radius 3 is 1.12 bits per heavy atom. The SMILES string of the molecule is COc1c(OC)c(-c2ccc(O)cc2)c(O)c(O)c1-c1ccc(O)cc1. The second-order valence-electron chi connectivity index (χ2n) is 5.61. The van der Waals surface area contributed by atoms with Crippen LogP contribution in [0.15, 0.2) is 48.5 Å². The summed E-state index contributed by atoms with van der Waals surface area (Å²) in [6.07, 6.45) is 0. The van der Waals surface area contributed by atoms with Crippen LogP contribution < -0.4 is 9.47 Å². The van der Waals surface area contributed by atoms with E-state index >= 15 is 0 Å². The van der Waals surface area contributed by atoms with Crippen molar-refractivity contribution in [3.63, 3.8) is 0 Å². The van der Waals surface area contributed by atoms with Crippen LogP contribution in [-0.4, -0.2) is 34.6 Å². The molecule has 0 amide bonds. The molecule has 6 heteroatoms. The average Bonchev–Trinajstić information content (AvgIpc) is 2.65. The number of rotatable bonds is 4. The Labute approximate surface area is 150 Å². The van der Waals surface area contributed by atoms with E-state index < -0.39 is 0 Å². The van der Waals surface area contributed by atoms with Crippen LogP contribution in [0.25, 0.3) is 22.3 Å². The Morgan fingerprint density at radius 1 is 0.538 bits per heavy atom. The van der Waals surface area contributed by atoms with Crippen LogP contribution >= 0.6 is 0 Å². The number of ether oxygens (including phenoxy) is 2. The summed E-state index contributed by atoms with van der Waals surface area (Å²) in [5, 5.41) is 40.3. The molecule has 0 saturated heterocycles. The lowest BCUT2D eigenvalue weighted by atomic mass is 9.95. The van der Waals surface area contributed by atoms with Crippen LogP contribution in [-0.2, 0) is 0 Å². The molecule has 26 heavy (non-hydrogen) atoms. The molecule has 0 heterocycles. The molecule has 0 aliphatic carbocycles. The van der Waals surface area contributed by atoms with Crippen LogP contribution in [0.5, 0.6) is 34.5 Å². The van der Waals surface area contributed by atoms with Crippen molar-refractivity contribution in [3.8, 4) is 56.8 Å². The summed E-state index contributed by atoms with van der Waals surface area (Å²) in [4.78, 5) is 0. The van der Waals surface area contributed by atoms with Crippen molar-refractivity contribution in [3.05, 3.63) is 48.5 Å². The number of aromatic hydroxyl groups is 4. The van der Waals surface area contributed by atoms with Crippen molar-refractivity contribution in [1.29, 1.82) is 0 Å². The fourth-order valence-corrected chi connectivity index (χ4v) is 2.86. The van der Waals surface area contributed by atoms with E-state index in [0.717, 1.165) is 0 Å². The second kappa shape index (κ2) is 6.76. The third-order valence-corrected chi connectivity index (χ3v) is 4.08. The number of phenolic OH excluding ortho intramolecular Hbond substituents is 4. The van der Waals surface area contributed by atoms with E-state index in [-0.39, 0.29) is 45.6 Å². The van der Waals surface area contributed by atoms with Crippen LogP contribution in [0.1, 0.15) is 0 Å². The lowest BCUT2D eigenvalue weighted by molar-refractivity contribution is 0.346. The topological polar surface area (TPSA) is 99.4 Å². The summed E-state index contributed by atoms with van der Waals surface area (Å²) < 4.78 is 10.9. The van der Waals surface area contributed by atoms with Gasteiger partial charge >= 0.3 is 0 Å². The third-order valence-electron chi connectivity index (χ3n) is 4.08. The average molecular weight is 354 g/mol. The molecule has 3 aromatic rings. The molecule has 0 fully saturated rings. The molecule has 0 saturated carbocycles. The minimum absolute atomic E-state index is 0.0732. The van der Waals surface area contributed by atoms with Gasteiger partial charge in [-0.25, -0.2) is 0 Å². The van der Waals surface area contributed by atoms with Crippen LogP contribution in [0.2, 0.25) is 0 Å².